The highest BCUT2D eigenvalue weighted by molar-refractivity contribution is 5.93. The summed E-state index contributed by atoms with van der Waals surface area (Å²) in [5.41, 5.74) is 2.90. The Morgan fingerprint density at radius 1 is 0.884 bits per heavy atom. The molecule has 0 radical (unpaired) electrons. The van der Waals surface area contributed by atoms with Crippen molar-refractivity contribution in [1.82, 2.24) is 15.5 Å². The summed E-state index contributed by atoms with van der Waals surface area (Å²) in [5, 5.41) is 6.01. The summed E-state index contributed by atoms with van der Waals surface area (Å²) in [5.74, 6) is -0.0720. The molecule has 7 heteroatoms. The van der Waals surface area contributed by atoms with Crippen LogP contribution in [0.4, 0.5) is 4.79 Å². The van der Waals surface area contributed by atoms with E-state index in [-0.39, 0.29) is 24.3 Å². The number of carbonyl (C=O) groups excluding carboxylic acids is 3. The number of aryl methyl sites for hydroxylation is 2. The molecule has 0 aliphatic carbocycles. The number of ether oxygens (including phenoxy) is 1. The highest BCUT2D eigenvalue weighted by atomic mass is 16.6. The molecule has 2 aromatic rings. The van der Waals surface area contributed by atoms with Crippen LogP contribution in [-0.2, 0) is 20.7 Å². The number of unbranched alkanes of at least 4 members (excludes halogenated alkanes) is 2. The van der Waals surface area contributed by atoms with Gasteiger partial charge in [-0.15, -0.1) is 0 Å². The molecule has 0 aliphatic heterocycles. The van der Waals surface area contributed by atoms with E-state index in [0.29, 0.717) is 12.5 Å². The fourth-order valence-electron chi connectivity index (χ4n) is 5.33. The minimum absolute atomic E-state index is 0.200. The van der Waals surface area contributed by atoms with Gasteiger partial charge in [0.1, 0.15) is 17.7 Å². The Balaban J connectivity index is 2.66. The Bertz CT molecular complexity index is 1150. The molecule has 0 saturated heterocycles. The number of carbonyl (C=O) groups is 3. The smallest absolute Gasteiger partial charge is 0.408 e. The van der Waals surface area contributed by atoms with E-state index >= 15 is 0 Å². The zero-order valence-electron chi connectivity index (χ0n) is 28.0. The van der Waals surface area contributed by atoms with Crippen molar-refractivity contribution < 1.29 is 19.1 Å². The molecule has 43 heavy (non-hydrogen) atoms. The second-order valence-corrected chi connectivity index (χ2v) is 13.2. The van der Waals surface area contributed by atoms with Crippen LogP contribution < -0.4 is 10.6 Å². The zero-order chi connectivity index (χ0) is 32.2. The molecule has 0 bridgehead atoms. The first-order chi connectivity index (χ1) is 20.2. The maximum absolute atomic E-state index is 14.8. The van der Waals surface area contributed by atoms with Gasteiger partial charge in [-0.3, -0.25) is 9.59 Å². The van der Waals surface area contributed by atoms with E-state index in [0.717, 1.165) is 54.4 Å². The normalized spacial score (nSPS) is 13.6. The Labute approximate surface area is 260 Å². The molecule has 0 spiro atoms. The molecular weight excluding hydrogens is 538 g/mol. The predicted octanol–water partition coefficient (Wildman–Crippen LogP) is 7.44. The average Bonchev–Trinajstić information content (AvgIpc) is 2.92. The maximum atomic E-state index is 14.8. The molecule has 0 aromatic heterocycles. The van der Waals surface area contributed by atoms with Crippen molar-refractivity contribution in [3.8, 4) is 0 Å². The molecule has 2 N–H and O–H groups in total. The largest absolute Gasteiger partial charge is 0.444 e. The molecule has 3 atom stereocenters. The van der Waals surface area contributed by atoms with Crippen LogP contribution >= 0.6 is 0 Å². The summed E-state index contributed by atoms with van der Waals surface area (Å²) >= 11 is 0. The van der Waals surface area contributed by atoms with E-state index in [9.17, 15) is 14.4 Å². The molecule has 3 amide bonds. The molecule has 3 unspecified atom stereocenters. The van der Waals surface area contributed by atoms with Gasteiger partial charge >= 0.3 is 6.09 Å². The van der Waals surface area contributed by atoms with E-state index in [1.165, 1.54) is 0 Å². The van der Waals surface area contributed by atoms with Crippen molar-refractivity contribution in [2.45, 2.75) is 125 Å². The van der Waals surface area contributed by atoms with E-state index in [1.54, 1.807) is 25.7 Å². The van der Waals surface area contributed by atoms with Gasteiger partial charge in [0.05, 0.1) is 0 Å². The van der Waals surface area contributed by atoms with E-state index in [4.69, 9.17) is 4.74 Å². The number of amides is 3. The second-order valence-electron chi connectivity index (χ2n) is 13.2. The molecule has 238 valence electrons. The molecule has 0 saturated carbocycles. The zero-order valence-corrected chi connectivity index (χ0v) is 28.0. The number of rotatable bonds is 15. The molecule has 2 rings (SSSR count). The lowest BCUT2D eigenvalue weighted by Gasteiger charge is -2.40. The average molecular weight is 594 g/mol. The van der Waals surface area contributed by atoms with Crippen LogP contribution in [-0.4, -0.2) is 47.0 Å². The Hall–Kier alpha value is -3.35. The summed E-state index contributed by atoms with van der Waals surface area (Å²) < 4.78 is 5.58. The molecule has 0 heterocycles. The van der Waals surface area contributed by atoms with Crippen LogP contribution in [0.2, 0.25) is 0 Å². The molecule has 0 aliphatic rings. The topological polar surface area (TPSA) is 87.7 Å². The van der Waals surface area contributed by atoms with Gasteiger partial charge in [-0.05, 0) is 89.0 Å². The van der Waals surface area contributed by atoms with Crippen LogP contribution in [0.1, 0.15) is 109 Å². The fraction of sp³-hybridized carbons (Fsp3) is 0.583. The fourth-order valence-corrected chi connectivity index (χ4v) is 5.33. The molecule has 7 nitrogen and oxygen atoms in total. The van der Waals surface area contributed by atoms with Gasteiger partial charge < -0.3 is 20.3 Å². The van der Waals surface area contributed by atoms with Gasteiger partial charge in [-0.1, -0.05) is 82.1 Å². The summed E-state index contributed by atoms with van der Waals surface area (Å²) in [6.45, 7) is 18.3. The standard InChI is InChI=1S/C36H55N3O4/c1-10-11-15-23-37-33(40)32(31-26(4)17-16-18-27(31)5)39(28(6)22-21-25(2)3)34(41)30(24-29-19-13-12-14-20-29)38-35(42)43-36(7,8)9/h12-14,16-20,25,28,30,32H,10-11,15,21-24H2,1-9H3,(H,37,40)(H,38,42). The monoisotopic (exact) mass is 593 g/mol. The first-order valence-corrected chi connectivity index (χ1v) is 15.9. The first-order valence-electron chi connectivity index (χ1n) is 15.9. The van der Waals surface area contributed by atoms with Gasteiger partial charge in [0.15, 0.2) is 0 Å². The third kappa shape index (κ3) is 11.7. The van der Waals surface area contributed by atoms with Crippen molar-refractivity contribution in [2.24, 2.45) is 5.92 Å². The number of hydrogen-bond acceptors (Lipinski definition) is 4. The molecular formula is C36H55N3O4. The second kappa shape index (κ2) is 17.1. The van der Waals surface area contributed by atoms with Crippen molar-refractivity contribution >= 4 is 17.9 Å². The lowest BCUT2D eigenvalue weighted by atomic mass is 9.91. The Morgan fingerprint density at radius 2 is 1.51 bits per heavy atom. The van der Waals surface area contributed by atoms with Gasteiger partial charge in [0, 0.05) is 19.0 Å². The summed E-state index contributed by atoms with van der Waals surface area (Å²) in [4.78, 5) is 43.8. The van der Waals surface area contributed by atoms with Crippen LogP contribution in [0, 0.1) is 19.8 Å². The van der Waals surface area contributed by atoms with Gasteiger partial charge in [-0.25, -0.2) is 4.79 Å². The number of hydrogen-bond donors (Lipinski definition) is 2. The van der Waals surface area contributed by atoms with Crippen molar-refractivity contribution in [2.75, 3.05) is 6.54 Å². The third-order valence-electron chi connectivity index (χ3n) is 7.58. The van der Waals surface area contributed by atoms with Gasteiger partial charge in [-0.2, -0.15) is 0 Å². The first kappa shape index (κ1) is 35.8. The summed E-state index contributed by atoms with van der Waals surface area (Å²) in [7, 11) is 0. The Kier molecular flexibility index (Phi) is 14.2. The van der Waals surface area contributed by atoms with E-state index in [2.05, 4.69) is 31.4 Å². The lowest BCUT2D eigenvalue weighted by molar-refractivity contribution is -0.145. The number of benzene rings is 2. The molecule has 2 aromatic carbocycles. The minimum atomic E-state index is -0.932. The predicted molar refractivity (Wildman–Crippen MR) is 175 cm³/mol. The summed E-state index contributed by atoms with van der Waals surface area (Å²) in [6.07, 6.45) is 4.15. The van der Waals surface area contributed by atoms with Crippen LogP contribution in [0.15, 0.2) is 48.5 Å². The quantitative estimate of drug-likeness (QED) is 0.210. The maximum Gasteiger partial charge on any atom is 0.408 e. The number of alkyl carbamates (subject to hydrolysis) is 1. The minimum Gasteiger partial charge on any atom is -0.444 e. The van der Waals surface area contributed by atoms with E-state index < -0.39 is 23.8 Å². The molecule has 0 fully saturated rings. The van der Waals surface area contributed by atoms with E-state index in [1.807, 2.05) is 69.3 Å². The van der Waals surface area contributed by atoms with Crippen LogP contribution in [0.25, 0.3) is 0 Å². The van der Waals surface area contributed by atoms with Crippen LogP contribution in [0.3, 0.4) is 0 Å². The van der Waals surface area contributed by atoms with Crippen molar-refractivity contribution in [3.63, 3.8) is 0 Å². The van der Waals surface area contributed by atoms with Gasteiger partial charge in [0.2, 0.25) is 11.8 Å². The third-order valence-corrected chi connectivity index (χ3v) is 7.58. The highest BCUT2D eigenvalue weighted by Gasteiger charge is 2.40. The SMILES string of the molecule is CCCCCNC(=O)C(c1c(C)cccc1C)N(C(=O)C(Cc1ccccc1)NC(=O)OC(C)(C)C)C(C)CCC(C)C. The van der Waals surface area contributed by atoms with Crippen LogP contribution in [0.5, 0.6) is 0 Å². The lowest BCUT2D eigenvalue weighted by Crippen LogP contribution is -2.56. The summed E-state index contributed by atoms with van der Waals surface area (Å²) in [6, 6.07) is 13.5. The van der Waals surface area contributed by atoms with Gasteiger partial charge in [0.25, 0.3) is 0 Å². The number of nitrogens with zero attached hydrogens (tertiary/aromatic N) is 1. The van der Waals surface area contributed by atoms with Crippen molar-refractivity contribution in [1.29, 1.82) is 0 Å². The number of nitrogens with one attached hydrogen (secondary N) is 2. The highest BCUT2D eigenvalue weighted by Crippen LogP contribution is 2.32. The Morgan fingerprint density at radius 3 is 2.07 bits per heavy atom. The van der Waals surface area contributed by atoms with Crippen molar-refractivity contribution in [3.05, 3.63) is 70.8 Å².